The molecule has 1 aromatic carbocycles. The number of fused-ring (bicyclic) bond motifs is 2. The van der Waals surface area contributed by atoms with E-state index < -0.39 is 16.8 Å². The van der Waals surface area contributed by atoms with Crippen LogP contribution in [-0.4, -0.2) is 43.3 Å². The molecule has 0 saturated carbocycles. The summed E-state index contributed by atoms with van der Waals surface area (Å²) in [5, 5.41) is 3.32. The van der Waals surface area contributed by atoms with E-state index in [1.807, 2.05) is 30.3 Å². The van der Waals surface area contributed by atoms with Gasteiger partial charge in [-0.25, -0.2) is 4.79 Å². The van der Waals surface area contributed by atoms with Gasteiger partial charge < -0.3 is 19.7 Å². The van der Waals surface area contributed by atoms with E-state index in [4.69, 9.17) is 4.74 Å². The van der Waals surface area contributed by atoms with Gasteiger partial charge in [0.25, 0.3) is 0 Å². The molecule has 6 nitrogen and oxygen atoms in total. The van der Waals surface area contributed by atoms with Crippen molar-refractivity contribution in [2.75, 3.05) is 25.5 Å². The van der Waals surface area contributed by atoms with E-state index in [9.17, 15) is 14.4 Å². The molecule has 0 aromatic heterocycles. The maximum atomic E-state index is 13.5. The SMILES string of the molecule is COC(=O)C1=C2Nc3ccccc3[C@@]23CCN(C/C=C\[C@@](C)(C=O)C1)C3=O. The second-order valence-electron chi connectivity index (χ2n) is 7.63. The Morgan fingerprint density at radius 3 is 2.85 bits per heavy atom. The van der Waals surface area contributed by atoms with Crippen molar-refractivity contribution < 1.29 is 19.1 Å². The smallest absolute Gasteiger partial charge is 0.335 e. The third kappa shape index (κ3) is 2.43. The number of aldehydes is 1. The molecular formula is C21H22N2O4. The molecule has 3 aliphatic rings. The third-order valence-corrected chi connectivity index (χ3v) is 5.87. The molecule has 0 unspecified atom stereocenters. The highest BCUT2D eigenvalue weighted by atomic mass is 16.5. The van der Waals surface area contributed by atoms with Gasteiger partial charge >= 0.3 is 5.97 Å². The normalized spacial score (nSPS) is 30.3. The van der Waals surface area contributed by atoms with Crippen LogP contribution in [0.2, 0.25) is 0 Å². The van der Waals surface area contributed by atoms with Crippen LogP contribution in [0, 0.1) is 5.41 Å². The summed E-state index contributed by atoms with van der Waals surface area (Å²) in [5.41, 5.74) is 0.844. The van der Waals surface area contributed by atoms with Gasteiger partial charge in [-0.1, -0.05) is 30.4 Å². The minimum absolute atomic E-state index is 0.0179. The minimum Gasteiger partial charge on any atom is -0.466 e. The number of rotatable bonds is 2. The molecule has 0 radical (unpaired) electrons. The lowest BCUT2D eigenvalue weighted by Crippen LogP contribution is -2.40. The Kier molecular flexibility index (Phi) is 3.94. The Bertz CT molecular complexity index is 903. The number of allylic oxidation sites excluding steroid dienone is 1. The first kappa shape index (κ1) is 17.5. The van der Waals surface area contributed by atoms with Crippen LogP contribution in [0.4, 0.5) is 5.69 Å². The Hall–Kier alpha value is -2.89. The lowest BCUT2D eigenvalue weighted by molar-refractivity contribution is -0.136. The number of methoxy groups -OCH3 is 1. The second kappa shape index (κ2) is 6.08. The quantitative estimate of drug-likeness (QED) is 0.493. The monoisotopic (exact) mass is 366 g/mol. The van der Waals surface area contributed by atoms with E-state index in [0.717, 1.165) is 17.5 Å². The Morgan fingerprint density at radius 1 is 1.33 bits per heavy atom. The Morgan fingerprint density at radius 2 is 2.11 bits per heavy atom. The molecule has 1 N–H and O–H groups in total. The number of carbonyl (C=O) groups is 3. The number of anilines is 1. The van der Waals surface area contributed by atoms with E-state index >= 15 is 0 Å². The predicted octanol–water partition coefficient (Wildman–Crippen LogP) is 2.17. The number of nitrogens with one attached hydrogen (secondary N) is 1. The van der Waals surface area contributed by atoms with Gasteiger partial charge in [0.2, 0.25) is 5.91 Å². The van der Waals surface area contributed by atoms with Gasteiger partial charge in [0, 0.05) is 29.9 Å². The summed E-state index contributed by atoms with van der Waals surface area (Å²) < 4.78 is 5.04. The zero-order valence-electron chi connectivity index (χ0n) is 15.5. The molecule has 1 fully saturated rings. The molecule has 3 heterocycles. The number of para-hydroxylation sites is 1. The molecule has 1 spiro atoms. The fourth-order valence-electron chi connectivity index (χ4n) is 4.47. The van der Waals surface area contributed by atoms with Crippen LogP contribution in [0.15, 0.2) is 47.7 Å². The van der Waals surface area contributed by atoms with Crippen molar-refractivity contribution in [3.8, 4) is 0 Å². The molecule has 4 rings (SSSR count). The van der Waals surface area contributed by atoms with Crippen LogP contribution in [0.25, 0.3) is 0 Å². The topological polar surface area (TPSA) is 75.7 Å². The third-order valence-electron chi connectivity index (χ3n) is 5.87. The highest BCUT2D eigenvalue weighted by molar-refractivity contribution is 6.03. The van der Waals surface area contributed by atoms with Crippen molar-refractivity contribution in [2.24, 2.45) is 5.41 Å². The lowest BCUT2D eigenvalue weighted by atomic mass is 9.74. The Balaban J connectivity index is 2.01. The number of esters is 1. The van der Waals surface area contributed by atoms with E-state index in [1.54, 1.807) is 17.9 Å². The molecule has 140 valence electrons. The van der Waals surface area contributed by atoms with Crippen LogP contribution >= 0.6 is 0 Å². The molecule has 1 saturated heterocycles. The number of hydrogen-bond donors (Lipinski definition) is 1. The molecule has 3 aliphatic heterocycles. The Labute approximate surface area is 157 Å². The molecule has 6 heteroatoms. The average Bonchev–Trinajstić information content (AvgIpc) is 3.18. The fourth-order valence-corrected chi connectivity index (χ4v) is 4.47. The average molecular weight is 366 g/mol. The van der Waals surface area contributed by atoms with Gasteiger partial charge in [0.15, 0.2) is 0 Å². The summed E-state index contributed by atoms with van der Waals surface area (Å²) in [6.07, 6.45) is 5.23. The highest BCUT2D eigenvalue weighted by Gasteiger charge is 2.56. The van der Waals surface area contributed by atoms with E-state index in [2.05, 4.69) is 5.32 Å². The summed E-state index contributed by atoms with van der Waals surface area (Å²) in [6, 6.07) is 7.64. The summed E-state index contributed by atoms with van der Waals surface area (Å²) >= 11 is 0. The van der Waals surface area contributed by atoms with Gasteiger partial charge in [0.05, 0.1) is 12.7 Å². The minimum atomic E-state index is -0.922. The number of amides is 1. The number of ether oxygens (including phenoxy) is 1. The van der Waals surface area contributed by atoms with Gasteiger partial charge in [-0.05, 0) is 31.4 Å². The largest absolute Gasteiger partial charge is 0.466 e. The van der Waals surface area contributed by atoms with Gasteiger partial charge in [0.1, 0.15) is 11.7 Å². The van der Waals surface area contributed by atoms with E-state index in [1.165, 1.54) is 7.11 Å². The van der Waals surface area contributed by atoms with Crippen molar-refractivity contribution in [3.63, 3.8) is 0 Å². The number of nitrogens with zero attached hydrogens (tertiary/aromatic N) is 1. The molecule has 1 amide bonds. The predicted molar refractivity (Wildman–Crippen MR) is 99.9 cm³/mol. The first-order valence-corrected chi connectivity index (χ1v) is 9.07. The number of carbonyl (C=O) groups excluding carboxylic acids is 3. The van der Waals surface area contributed by atoms with Crippen molar-refractivity contribution in [1.29, 1.82) is 0 Å². The number of hydrogen-bond acceptors (Lipinski definition) is 5. The van der Waals surface area contributed by atoms with Crippen LogP contribution in [0.5, 0.6) is 0 Å². The first-order chi connectivity index (χ1) is 12.9. The van der Waals surface area contributed by atoms with Crippen molar-refractivity contribution in [3.05, 3.63) is 53.3 Å². The zero-order valence-corrected chi connectivity index (χ0v) is 15.5. The first-order valence-electron chi connectivity index (χ1n) is 9.07. The van der Waals surface area contributed by atoms with Gasteiger partial charge in [-0.3, -0.25) is 4.79 Å². The highest BCUT2D eigenvalue weighted by Crippen LogP contribution is 2.52. The zero-order chi connectivity index (χ0) is 19.2. The maximum absolute atomic E-state index is 13.5. The van der Waals surface area contributed by atoms with Crippen molar-refractivity contribution in [1.82, 2.24) is 4.90 Å². The maximum Gasteiger partial charge on any atom is 0.335 e. The van der Waals surface area contributed by atoms with E-state index in [0.29, 0.717) is 30.8 Å². The summed E-state index contributed by atoms with van der Waals surface area (Å²) in [5.74, 6) is -0.534. The lowest BCUT2D eigenvalue weighted by Gasteiger charge is -2.30. The van der Waals surface area contributed by atoms with E-state index in [-0.39, 0.29) is 12.3 Å². The summed E-state index contributed by atoms with van der Waals surface area (Å²) in [7, 11) is 1.32. The molecule has 1 aromatic rings. The van der Waals surface area contributed by atoms with Crippen molar-refractivity contribution in [2.45, 2.75) is 25.2 Å². The van der Waals surface area contributed by atoms with Crippen LogP contribution in [-0.2, 0) is 24.5 Å². The van der Waals surface area contributed by atoms with Crippen LogP contribution in [0.1, 0.15) is 25.3 Å². The standard InChI is InChI=1S/C21H22N2O4/c1-20(13-24)8-5-10-23-11-9-21(19(23)26)15-6-3-4-7-16(15)22-17(21)14(12-20)18(25)27-2/h3-8,13,22H,9-12H2,1-2H3/b8-5-,17-14?/t20-,21+/m1/s1. The van der Waals surface area contributed by atoms with Gasteiger partial charge in [-0.15, -0.1) is 0 Å². The molecule has 0 aliphatic carbocycles. The second-order valence-corrected chi connectivity index (χ2v) is 7.63. The fraction of sp³-hybridized carbons (Fsp3) is 0.381. The number of benzene rings is 1. The summed E-state index contributed by atoms with van der Waals surface area (Å²) in [6.45, 7) is 2.83. The van der Waals surface area contributed by atoms with Crippen molar-refractivity contribution >= 4 is 23.9 Å². The summed E-state index contributed by atoms with van der Waals surface area (Å²) in [4.78, 5) is 39.8. The molecule has 27 heavy (non-hydrogen) atoms. The van der Waals surface area contributed by atoms with Crippen LogP contribution in [0.3, 0.4) is 0 Å². The van der Waals surface area contributed by atoms with Gasteiger partial charge in [-0.2, -0.15) is 0 Å². The molecular weight excluding hydrogens is 344 g/mol. The molecule has 2 atom stereocenters. The molecule has 2 bridgehead atoms. The van der Waals surface area contributed by atoms with Crippen LogP contribution < -0.4 is 5.32 Å².